The van der Waals surface area contributed by atoms with Crippen LogP contribution in [-0.4, -0.2) is 36.3 Å². The monoisotopic (exact) mass is 332 g/mol. The molecule has 0 saturated heterocycles. The summed E-state index contributed by atoms with van der Waals surface area (Å²) in [5.41, 5.74) is 1.72. The van der Waals surface area contributed by atoms with Gasteiger partial charge in [0.05, 0.1) is 12.7 Å². The predicted molar refractivity (Wildman–Crippen MR) is 85.9 cm³/mol. The van der Waals surface area contributed by atoms with Crippen LogP contribution in [0.1, 0.15) is 43.1 Å². The van der Waals surface area contributed by atoms with Gasteiger partial charge in [-0.3, -0.25) is 9.59 Å². The fraction of sp³-hybridized carbons (Fsp3) is 0.250. The summed E-state index contributed by atoms with van der Waals surface area (Å²) in [4.78, 5) is 38.4. The first-order chi connectivity index (χ1) is 11.0. The highest BCUT2D eigenvalue weighted by Crippen LogP contribution is 2.10. The number of carbonyl (C=O) groups excluding carboxylic acids is 3. The van der Waals surface area contributed by atoms with Crippen molar-refractivity contribution in [3.63, 3.8) is 0 Å². The summed E-state index contributed by atoms with van der Waals surface area (Å²) in [5.74, 6) is -0.839. The number of carbonyl (C=O) groups is 3. The van der Waals surface area contributed by atoms with Gasteiger partial charge < -0.3 is 10.1 Å². The van der Waals surface area contributed by atoms with Gasteiger partial charge in [-0.1, -0.05) is 12.1 Å². The van der Waals surface area contributed by atoms with E-state index in [2.05, 4.69) is 15.0 Å². The van der Waals surface area contributed by atoms with Crippen LogP contribution in [0.2, 0.25) is 0 Å². The number of benzene rings is 1. The molecule has 1 aromatic carbocycles. The summed E-state index contributed by atoms with van der Waals surface area (Å²) in [5, 5.41) is 4.64. The van der Waals surface area contributed by atoms with E-state index in [1.165, 1.54) is 14.0 Å². The fourth-order valence-corrected chi connectivity index (χ4v) is 2.58. The largest absolute Gasteiger partial charge is 0.465 e. The number of Topliss-reactive ketones (excluding diaryl/α,β-unsaturated/α-hetero) is 1. The molecule has 0 bridgehead atoms. The maximum absolute atomic E-state index is 11.9. The van der Waals surface area contributed by atoms with Gasteiger partial charge in [0.1, 0.15) is 5.69 Å². The van der Waals surface area contributed by atoms with Gasteiger partial charge in [0.25, 0.3) is 5.91 Å². The van der Waals surface area contributed by atoms with E-state index in [1.54, 1.807) is 17.5 Å². The molecule has 0 saturated carbocycles. The van der Waals surface area contributed by atoms with Gasteiger partial charge in [-0.25, -0.2) is 9.78 Å². The molecular formula is C16H16N2O4S. The summed E-state index contributed by atoms with van der Waals surface area (Å²) in [7, 11) is 1.34. The molecule has 0 aliphatic heterocycles. The van der Waals surface area contributed by atoms with Crippen molar-refractivity contribution in [1.82, 2.24) is 10.3 Å². The number of hydrogen-bond donors (Lipinski definition) is 1. The van der Waals surface area contributed by atoms with Crippen molar-refractivity contribution in [2.75, 3.05) is 13.7 Å². The van der Waals surface area contributed by atoms with Crippen molar-refractivity contribution >= 4 is 29.0 Å². The van der Waals surface area contributed by atoms with Crippen LogP contribution in [0.5, 0.6) is 0 Å². The second-order valence-corrected chi connectivity index (χ2v) is 5.65. The average molecular weight is 332 g/mol. The molecule has 23 heavy (non-hydrogen) atoms. The zero-order chi connectivity index (χ0) is 16.8. The van der Waals surface area contributed by atoms with Crippen LogP contribution in [0, 0.1) is 0 Å². The third-order valence-electron chi connectivity index (χ3n) is 3.11. The van der Waals surface area contributed by atoms with E-state index in [-0.39, 0.29) is 23.4 Å². The zero-order valence-corrected chi connectivity index (χ0v) is 13.6. The van der Waals surface area contributed by atoms with Gasteiger partial charge in [-0.15, -0.1) is 11.3 Å². The van der Waals surface area contributed by atoms with Crippen LogP contribution in [0.25, 0.3) is 0 Å². The van der Waals surface area contributed by atoms with Gasteiger partial charge in [-0.05, 0) is 24.1 Å². The van der Waals surface area contributed by atoms with Crippen molar-refractivity contribution in [2.45, 2.75) is 13.3 Å². The Bertz CT molecular complexity index is 722. The van der Waals surface area contributed by atoms with Crippen molar-refractivity contribution in [1.29, 1.82) is 0 Å². The number of ether oxygens (including phenoxy) is 1. The number of methoxy groups -OCH3 is 1. The molecule has 1 N–H and O–H groups in total. The summed E-state index contributed by atoms with van der Waals surface area (Å²) in [6.07, 6.45) is 0.622. The lowest BCUT2D eigenvalue weighted by Gasteiger charge is -2.05. The molecule has 2 aromatic rings. The number of amides is 1. The molecule has 2 rings (SSSR count). The van der Waals surface area contributed by atoms with Gasteiger partial charge in [0.2, 0.25) is 0 Å². The van der Waals surface area contributed by atoms with Crippen LogP contribution >= 0.6 is 11.3 Å². The van der Waals surface area contributed by atoms with Gasteiger partial charge in [0, 0.05) is 18.8 Å². The van der Waals surface area contributed by atoms with E-state index in [0.717, 1.165) is 16.9 Å². The highest BCUT2D eigenvalue weighted by Gasteiger charge is 2.12. The van der Waals surface area contributed by atoms with Gasteiger partial charge in [-0.2, -0.15) is 0 Å². The van der Waals surface area contributed by atoms with E-state index in [4.69, 9.17) is 0 Å². The smallest absolute Gasteiger partial charge is 0.337 e. The van der Waals surface area contributed by atoms with E-state index in [9.17, 15) is 14.4 Å². The van der Waals surface area contributed by atoms with E-state index in [0.29, 0.717) is 23.5 Å². The molecule has 120 valence electrons. The van der Waals surface area contributed by atoms with Crippen molar-refractivity contribution in [3.8, 4) is 0 Å². The number of thiazole rings is 1. The van der Waals surface area contributed by atoms with Gasteiger partial charge >= 0.3 is 5.97 Å². The molecule has 0 aliphatic rings. The first-order valence-electron chi connectivity index (χ1n) is 6.93. The minimum atomic E-state index is -0.380. The second-order valence-electron chi connectivity index (χ2n) is 4.79. The topological polar surface area (TPSA) is 85.4 Å². The molecule has 0 unspecified atom stereocenters. The normalized spacial score (nSPS) is 10.2. The Hall–Kier alpha value is -2.54. The lowest BCUT2D eigenvalue weighted by atomic mass is 10.1. The van der Waals surface area contributed by atoms with Gasteiger partial charge in [0.15, 0.2) is 10.8 Å². The Labute approximate surface area is 137 Å². The summed E-state index contributed by atoms with van der Waals surface area (Å²) < 4.78 is 4.63. The third-order valence-corrected chi connectivity index (χ3v) is 4.06. The number of esters is 1. The highest BCUT2D eigenvalue weighted by molar-refractivity contribution is 7.11. The Morgan fingerprint density at radius 2 is 1.91 bits per heavy atom. The van der Waals surface area contributed by atoms with Crippen LogP contribution < -0.4 is 5.32 Å². The molecule has 0 radical (unpaired) electrons. The predicted octanol–water partition coefficient (Wildman–Crippen LogP) is 2.10. The second kappa shape index (κ2) is 7.64. The van der Waals surface area contributed by atoms with E-state index < -0.39 is 0 Å². The van der Waals surface area contributed by atoms with Crippen LogP contribution in [0.15, 0.2) is 29.6 Å². The standard InChI is InChI=1S/C16H16N2O4S/c1-10(19)15-18-13(9-23-15)14(20)17-8-7-11-3-5-12(6-4-11)16(21)22-2/h3-6,9H,7-8H2,1-2H3,(H,17,20). The maximum Gasteiger partial charge on any atom is 0.337 e. The summed E-state index contributed by atoms with van der Waals surface area (Å²) in [6.45, 7) is 1.85. The van der Waals surface area contributed by atoms with E-state index >= 15 is 0 Å². The first-order valence-corrected chi connectivity index (χ1v) is 7.81. The lowest BCUT2D eigenvalue weighted by molar-refractivity contribution is 0.0600. The lowest BCUT2D eigenvalue weighted by Crippen LogP contribution is -2.26. The number of nitrogens with one attached hydrogen (secondary N) is 1. The minimum absolute atomic E-state index is 0.153. The van der Waals surface area contributed by atoms with E-state index in [1.807, 2.05) is 12.1 Å². The first kappa shape index (κ1) is 16.8. The number of hydrogen-bond acceptors (Lipinski definition) is 6. The van der Waals surface area contributed by atoms with Crippen molar-refractivity contribution in [3.05, 3.63) is 51.5 Å². The SMILES string of the molecule is COC(=O)c1ccc(CCNC(=O)c2csc(C(C)=O)n2)cc1. The quantitative estimate of drug-likeness (QED) is 0.647. The number of rotatable bonds is 6. The van der Waals surface area contributed by atoms with Crippen LogP contribution in [0.4, 0.5) is 0 Å². The number of aromatic nitrogens is 1. The van der Waals surface area contributed by atoms with Crippen molar-refractivity contribution in [2.24, 2.45) is 0 Å². The molecule has 0 aliphatic carbocycles. The summed E-state index contributed by atoms with van der Waals surface area (Å²) >= 11 is 1.16. The molecule has 1 aromatic heterocycles. The molecule has 0 fully saturated rings. The minimum Gasteiger partial charge on any atom is -0.465 e. The molecule has 0 spiro atoms. The maximum atomic E-state index is 11.9. The Morgan fingerprint density at radius 1 is 1.22 bits per heavy atom. The Kier molecular flexibility index (Phi) is 5.59. The average Bonchev–Trinajstić information content (AvgIpc) is 3.05. The zero-order valence-electron chi connectivity index (χ0n) is 12.8. The molecular weight excluding hydrogens is 316 g/mol. The Balaban J connectivity index is 1.85. The highest BCUT2D eigenvalue weighted by atomic mass is 32.1. The molecule has 0 atom stereocenters. The number of nitrogens with zero attached hydrogens (tertiary/aromatic N) is 1. The van der Waals surface area contributed by atoms with Crippen LogP contribution in [-0.2, 0) is 11.2 Å². The molecule has 1 amide bonds. The molecule has 7 heteroatoms. The van der Waals surface area contributed by atoms with Crippen molar-refractivity contribution < 1.29 is 19.1 Å². The molecule has 6 nitrogen and oxygen atoms in total. The van der Waals surface area contributed by atoms with Crippen LogP contribution in [0.3, 0.4) is 0 Å². The third kappa shape index (κ3) is 4.46. The summed E-state index contributed by atoms with van der Waals surface area (Å²) in [6, 6.07) is 7.00. The fourth-order valence-electron chi connectivity index (χ4n) is 1.88. The number of ketones is 1. The molecule has 1 heterocycles. The Morgan fingerprint density at radius 3 is 2.48 bits per heavy atom.